The minimum Gasteiger partial charge on any atom is -0.466 e. The van der Waals surface area contributed by atoms with Gasteiger partial charge in [0, 0.05) is 46.7 Å². The molecule has 0 unspecified atom stereocenters. The highest BCUT2D eigenvalue weighted by atomic mass is 32.1. The highest BCUT2D eigenvalue weighted by Gasteiger charge is 2.31. The number of azo groups is 2. The van der Waals surface area contributed by atoms with Gasteiger partial charge in [-0.05, 0) is 166 Å². The smallest absolute Gasteiger partial charge is 0.305 e. The molecule has 21 nitrogen and oxygen atoms in total. The lowest BCUT2D eigenvalue weighted by Gasteiger charge is -2.29. The van der Waals surface area contributed by atoms with Gasteiger partial charge in [-0.15, -0.1) is 35.8 Å². The van der Waals surface area contributed by atoms with Crippen molar-refractivity contribution in [2.24, 2.45) is 20.5 Å². The monoisotopic (exact) mass is 1230 g/mol. The van der Waals surface area contributed by atoms with Crippen LogP contribution in [0.2, 0.25) is 0 Å². The molecule has 0 aliphatic heterocycles. The third-order valence-corrected chi connectivity index (χ3v) is 16.4. The first-order chi connectivity index (χ1) is 43.2. The van der Waals surface area contributed by atoms with Crippen molar-refractivity contribution in [3.63, 3.8) is 0 Å². The molecular formula is C69H75N19O2S. The number of rotatable bonds is 19. The summed E-state index contributed by atoms with van der Waals surface area (Å²) in [6.45, 7) is 36.6. The fourth-order valence-corrected chi connectivity index (χ4v) is 12.4. The van der Waals surface area contributed by atoms with Crippen LogP contribution in [0.4, 0.5) is 69.0 Å². The molecule has 9 aromatic rings. The molecule has 5 aromatic heterocycles. The molecule has 22 heteroatoms. The first-order valence-electron chi connectivity index (χ1n) is 29.9. The molecule has 0 saturated heterocycles. The minimum absolute atomic E-state index is 0.0337. The number of esters is 1. The van der Waals surface area contributed by atoms with E-state index in [1.807, 2.05) is 89.2 Å². The number of pyridine rings is 2. The molecule has 3 N–H and O–H groups in total. The van der Waals surface area contributed by atoms with E-state index in [0.717, 1.165) is 101 Å². The maximum atomic E-state index is 12.7. The largest absolute Gasteiger partial charge is 0.466 e. The Morgan fingerprint density at radius 1 is 0.593 bits per heavy atom. The van der Waals surface area contributed by atoms with E-state index in [1.165, 1.54) is 15.6 Å². The third kappa shape index (κ3) is 13.9. The van der Waals surface area contributed by atoms with E-state index in [9.17, 15) is 20.6 Å². The van der Waals surface area contributed by atoms with Gasteiger partial charge in [0.15, 0.2) is 23.3 Å². The summed E-state index contributed by atoms with van der Waals surface area (Å²) in [5.74, 6) is 1.49. The van der Waals surface area contributed by atoms with Crippen molar-refractivity contribution >= 4 is 86.3 Å². The summed E-state index contributed by atoms with van der Waals surface area (Å²) in [7, 11) is 0. The van der Waals surface area contributed by atoms with Crippen molar-refractivity contribution in [3.05, 3.63) is 161 Å². The van der Waals surface area contributed by atoms with Crippen molar-refractivity contribution in [3.8, 4) is 28.5 Å². The highest BCUT2D eigenvalue weighted by molar-refractivity contribution is 7.16. The zero-order valence-corrected chi connectivity index (χ0v) is 55.8. The molecule has 4 aromatic carbocycles. The van der Waals surface area contributed by atoms with E-state index in [4.69, 9.17) is 35.1 Å². The van der Waals surface area contributed by atoms with Gasteiger partial charge in [-0.1, -0.05) is 103 Å². The summed E-state index contributed by atoms with van der Waals surface area (Å²) in [5, 5.41) is 81.1. The van der Waals surface area contributed by atoms with Crippen LogP contribution in [0, 0.1) is 131 Å². The van der Waals surface area contributed by atoms with E-state index in [-0.39, 0.29) is 56.7 Å². The molecule has 0 atom stereocenters. The number of carbonyl (C=O) groups is 1. The molecular weight excluding hydrogens is 1160 g/mol. The number of aryl methyl sites for hydroxylation is 13. The van der Waals surface area contributed by atoms with Gasteiger partial charge in [-0.3, -0.25) is 4.79 Å². The lowest BCUT2D eigenvalue weighted by atomic mass is 9.90. The molecule has 5 heterocycles. The summed E-state index contributed by atoms with van der Waals surface area (Å²) in [6.07, 6.45) is 2.20. The summed E-state index contributed by atoms with van der Waals surface area (Å²) >= 11 is 1.08. The van der Waals surface area contributed by atoms with E-state index in [1.54, 1.807) is 13.8 Å². The second-order valence-corrected chi connectivity index (χ2v) is 25.2. The minimum atomic E-state index is -0.641. The zero-order valence-electron chi connectivity index (χ0n) is 55.0. The number of nitriles is 3. The van der Waals surface area contributed by atoms with Crippen molar-refractivity contribution < 1.29 is 9.53 Å². The second-order valence-electron chi connectivity index (χ2n) is 24.3. The maximum absolute atomic E-state index is 12.7. The topological polar surface area (TPSA) is 274 Å². The quantitative estimate of drug-likeness (QED) is 0.0501. The molecule has 0 amide bonds. The summed E-state index contributed by atoms with van der Waals surface area (Å²) in [4.78, 5) is 25.2. The van der Waals surface area contributed by atoms with Gasteiger partial charge in [0.2, 0.25) is 16.1 Å². The van der Waals surface area contributed by atoms with Crippen LogP contribution in [0.15, 0.2) is 81.3 Å². The van der Waals surface area contributed by atoms with E-state index in [2.05, 4.69) is 136 Å². The first-order valence-corrected chi connectivity index (χ1v) is 30.8. The van der Waals surface area contributed by atoms with E-state index >= 15 is 0 Å². The van der Waals surface area contributed by atoms with Gasteiger partial charge in [-0.2, -0.15) is 25.6 Å². The number of aromatic nitrogens is 8. The summed E-state index contributed by atoms with van der Waals surface area (Å²) in [6, 6.07) is 25.6. The molecule has 0 saturated carbocycles. The van der Waals surface area contributed by atoms with Crippen molar-refractivity contribution in [2.75, 3.05) is 34.0 Å². The number of carbonyl (C=O) groups excluding carboxylic acids is 1. The molecule has 91 heavy (non-hydrogen) atoms. The van der Waals surface area contributed by atoms with Crippen LogP contribution in [-0.2, 0) is 14.9 Å². The molecule has 0 spiro atoms. The second kappa shape index (κ2) is 26.7. The Hall–Kier alpha value is -10.5. The van der Waals surface area contributed by atoms with Crippen LogP contribution in [0.1, 0.15) is 141 Å². The predicted octanol–water partition coefficient (Wildman–Crippen LogP) is 17.5. The Morgan fingerprint density at radius 2 is 1.09 bits per heavy atom. The molecule has 0 radical (unpaired) electrons. The first kappa shape index (κ1) is 65.0. The molecule has 0 fully saturated rings. The summed E-state index contributed by atoms with van der Waals surface area (Å²) in [5.41, 5.74) is 18.2. The Labute approximate surface area is 535 Å². The number of nitrogens with zero attached hydrogens (tertiary/aromatic N) is 16. The number of ether oxygens (including phenoxy) is 1. The zero-order chi connectivity index (χ0) is 65.9. The lowest BCUT2D eigenvalue weighted by molar-refractivity contribution is -0.143. The standard InChI is InChI=1S/C69H75N19O2S/c1-19-90-54(89)21-20-22-86(60-47(13)29-39(5)30-48(60)14)53-31-46(12)58(64(73-53)75-56-42(8)25-37(3)26-43(56)9)78-81-66-52(34-72)61(69(16,17)18)84-88(66)68-83-82-67(91-68)87-35-50(32-70)62(85-87)80-79-59-49(15)51(33-71)63(74-55-40(6)23-36(2)24-41(55)7)77-65(59)76-57-44(10)27-38(4)28-45(57)11/h23-31,35H,19-22H2,1-18H3,(H,73,75)(H2,74,76,77). The fourth-order valence-electron chi connectivity index (χ4n) is 11.6. The highest BCUT2D eigenvalue weighted by Crippen LogP contribution is 2.43. The number of hydrogen-bond acceptors (Lipinski definition) is 20. The Morgan fingerprint density at radius 3 is 1.59 bits per heavy atom. The van der Waals surface area contributed by atoms with Crippen LogP contribution < -0.4 is 20.9 Å². The molecule has 0 bridgehead atoms. The Balaban J connectivity index is 1.13. The number of benzene rings is 4. The number of anilines is 8. The molecule has 9 rings (SSSR count). The predicted molar refractivity (Wildman–Crippen MR) is 359 cm³/mol. The van der Waals surface area contributed by atoms with Gasteiger partial charge < -0.3 is 25.6 Å². The van der Waals surface area contributed by atoms with Gasteiger partial charge in [0.1, 0.15) is 46.5 Å². The van der Waals surface area contributed by atoms with Gasteiger partial charge >= 0.3 is 5.97 Å². The number of hydrogen-bond donors (Lipinski definition) is 3. The van der Waals surface area contributed by atoms with Crippen LogP contribution in [0.5, 0.6) is 0 Å². The van der Waals surface area contributed by atoms with Crippen LogP contribution in [0.25, 0.3) is 10.3 Å². The van der Waals surface area contributed by atoms with Gasteiger partial charge in [0.05, 0.1) is 24.1 Å². The molecule has 0 aliphatic rings. The van der Waals surface area contributed by atoms with Gasteiger partial charge in [0.25, 0.3) is 0 Å². The van der Waals surface area contributed by atoms with Gasteiger partial charge in [-0.25, -0.2) is 14.6 Å². The third-order valence-electron chi connectivity index (χ3n) is 15.5. The molecule has 0 aliphatic carbocycles. The Bertz CT molecular complexity index is 4460. The lowest BCUT2D eigenvalue weighted by Crippen LogP contribution is -2.23. The van der Waals surface area contributed by atoms with Crippen LogP contribution in [-0.4, -0.2) is 58.8 Å². The fraction of sp³-hybridized carbons (Fsp3) is 0.333. The number of nitrogens with one attached hydrogen (secondary N) is 3. The van der Waals surface area contributed by atoms with Crippen molar-refractivity contribution in [2.45, 2.75) is 143 Å². The van der Waals surface area contributed by atoms with E-state index < -0.39 is 5.41 Å². The van der Waals surface area contributed by atoms with Crippen LogP contribution >= 0.6 is 11.3 Å². The average molecular weight is 1230 g/mol. The average Bonchev–Trinajstić information content (AvgIpc) is 1.77. The maximum Gasteiger partial charge on any atom is 0.305 e. The van der Waals surface area contributed by atoms with Crippen molar-refractivity contribution in [1.29, 1.82) is 15.8 Å². The van der Waals surface area contributed by atoms with Crippen LogP contribution in [0.3, 0.4) is 0 Å². The SMILES string of the molecule is CCOC(=O)CCCN(c1cc(C)c(N=Nc2c(C#N)c(C(C)(C)C)nn2-c2nnc(-n3cc(C#N)c(N=Nc4c(Nc5c(C)cc(C)cc5C)nc(Nc5c(C)cc(C)cc5C)c(C#N)c4C)n3)s2)c(Nc2c(C)cc(C)cc2C)n1)c1c(C)cc(C)cc1C. The van der Waals surface area contributed by atoms with E-state index in [0.29, 0.717) is 65.4 Å². The Kier molecular flexibility index (Phi) is 19.0. The van der Waals surface area contributed by atoms with Crippen molar-refractivity contribution in [1.82, 2.24) is 39.7 Å². The normalized spacial score (nSPS) is 11.5. The summed E-state index contributed by atoms with van der Waals surface area (Å²) < 4.78 is 8.14. The molecule has 464 valence electrons.